The van der Waals surface area contributed by atoms with Gasteiger partial charge in [0.2, 0.25) is 11.8 Å². The van der Waals surface area contributed by atoms with E-state index in [1.54, 1.807) is 5.57 Å². The number of carbonyl (C=O) groups excluding carboxylic acids is 4. The van der Waals surface area contributed by atoms with Crippen molar-refractivity contribution in [3.05, 3.63) is 41.5 Å². The summed E-state index contributed by atoms with van der Waals surface area (Å²) in [6, 6.07) is 5.96. The molecule has 0 heterocycles. The Morgan fingerprint density at radius 3 is 2.11 bits per heavy atom. The molecule has 7 atom stereocenters. The second-order valence-corrected chi connectivity index (χ2v) is 19.5. The Morgan fingerprint density at radius 2 is 1.38 bits per heavy atom. The van der Waals surface area contributed by atoms with Crippen LogP contribution in [0.15, 0.2) is 35.9 Å². The minimum Gasteiger partial charge on any atom is -0.508 e. The van der Waals surface area contributed by atoms with Gasteiger partial charge in [0, 0.05) is 57.6 Å². The highest BCUT2D eigenvalue weighted by atomic mass is 16.6. The summed E-state index contributed by atoms with van der Waals surface area (Å²) in [6.07, 6.45) is 18.9. The number of allylic oxidation sites excluding steroid dienone is 1. The van der Waals surface area contributed by atoms with Gasteiger partial charge in [-0.25, -0.2) is 4.79 Å². The summed E-state index contributed by atoms with van der Waals surface area (Å²) in [4.78, 5) is 48.8. The lowest BCUT2D eigenvalue weighted by Crippen LogP contribution is -2.50. The zero-order chi connectivity index (χ0) is 45.1. The first-order valence-electron chi connectivity index (χ1n) is 24.4. The molecule has 4 aliphatic rings. The maximum absolute atomic E-state index is 12.7. The zero-order valence-electron chi connectivity index (χ0n) is 38.9. The third-order valence-corrected chi connectivity index (χ3v) is 14.8. The normalized spacial score (nSPS) is 26.2. The summed E-state index contributed by atoms with van der Waals surface area (Å²) in [5, 5.41) is 20.5. The summed E-state index contributed by atoms with van der Waals surface area (Å²) < 4.78 is 22.7. The predicted molar refractivity (Wildman–Crippen MR) is 244 cm³/mol. The van der Waals surface area contributed by atoms with Crippen molar-refractivity contribution in [3.63, 3.8) is 0 Å². The first-order valence-corrected chi connectivity index (χ1v) is 24.4. The van der Waals surface area contributed by atoms with E-state index in [9.17, 15) is 24.3 Å². The van der Waals surface area contributed by atoms with Crippen LogP contribution in [0.25, 0.3) is 0 Å². The van der Waals surface area contributed by atoms with E-state index < -0.39 is 0 Å². The Morgan fingerprint density at radius 1 is 0.714 bits per heavy atom. The third kappa shape index (κ3) is 15.5. The SMILES string of the molecule is CC(C)CCCCC1CCC2C3CC=C4CC(OC(=O)NCCCOCCOCCOCCNC(=O)CCC(=O)NCCCNC(=O)c5ccc(O)cc5)CCC4(C)C3CCC12C. The fourth-order valence-electron chi connectivity index (χ4n) is 11.3. The molecule has 13 heteroatoms. The second kappa shape index (κ2) is 25.7. The van der Waals surface area contributed by atoms with Crippen LogP contribution in [0.3, 0.4) is 0 Å². The first kappa shape index (κ1) is 50.3. The predicted octanol–water partition coefficient (Wildman–Crippen LogP) is 7.85. The highest BCUT2D eigenvalue weighted by Crippen LogP contribution is 2.66. The van der Waals surface area contributed by atoms with Gasteiger partial charge >= 0.3 is 6.09 Å². The van der Waals surface area contributed by atoms with Crippen LogP contribution in [0.5, 0.6) is 5.75 Å². The number of unbranched alkanes of at least 4 members (excludes halogenated alkanes) is 1. The van der Waals surface area contributed by atoms with E-state index in [0.29, 0.717) is 89.6 Å². The summed E-state index contributed by atoms with van der Waals surface area (Å²) in [5.74, 6) is 3.55. The van der Waals surface area contributed by atoms with Crippen molar-refractivity contribution in [2.75, 3.05) is 65.8 Å². The van der Waals surface area contributed by atoms with Crippen LogP contribution in [-0.2, 0) is 28.5 Å². The summed E-state index contributed by atoms with van der Waals surface area (Å²) >= 11 is 0. The molecule has 5 N–H and O–H groups in total. The van der Waals surface area contributed by atoms with Crippen molar-refractivity contribution >= 4 is 23.8 Å². The van der Waals surface area contributed by atoms with Gasteiger partial charge < -0.3 is 45.3 Å². The highest BCUT2D eigenvalue weighted by Gasteiger charge is 2.58. The van der Waals surface area contributed by atoms with E-state index in [1.165, 1.54) is 82.1 Å². The first-order chi connectivity index (χ1) is 30.4. The van der Waals surface area contributed by atoms with Crippen LogP contribution in [0.2, 0.25) is 0 Å². The van der Waals surface area contributed by atoms with Gasteiger partial charge in [0.1, 0.15) is 11.9 Å². The largest absolute Gasteiger partial charge is 0.508 e. The summed E-state index contributed by atoms with van der Waals surface area (Å²) in [7, 11) is 0. The Hall–Kier alpha value is -3.68. The lowest BCUT2D eigenvalue weighted by atomic mass is 9.47. The minimum absolute atomic E-state index is 0.0518. The molecule has 1 aromatic carbocycles. The van der Waals surface area contributed by atoms with E-state index in [4.69, 9.17) is 18.9 Å². The molecule has 63 heavy (non-hydrogen) atoms. The van der Waals surface area contributed by atoms with Gasteiger partial charge in [0.15, 0.2) is 0 Å². The van der Waals surface area contributed by atoms with E-state index in [1.807, 2.05) is 0 Å². The number of rotatable bonds is 27. The molecule has 0 aliphatic heterocycles. The van der Waals surface area contributed by atoms with Gasteiger partial charge in [0.25, 0.3) is 5.91 Å². The molecule has 354 valence electrons. The standard InChI is InChI=1S/C50H80N4O9/c1-36(2)9-5-6-10-38-14-18-43-42-17-13-39-35-41(21-23-50(39,4)44(42)22-24-49(38,43)3)63-48(59)54-27-8-29-60-31-33-62-34-32-61-30-28-52-46(57)20-19-45(56)51-25-7-26-53-47(58)37-11-15-40(55)16-12-37/h11-13,15-16,36,38,41-44,55H,5-10,14,17-35H2,1-4H3,(H,51,56)(H,52,57)(H,53,58)(H,54,59). The number of aromatic hydroxyl groups is 1. The average molecular weight is 881 g/mol. The number of hydrogen-bond donors (Lipinski definition) is 5. The van der Waals surface area contributed by atoms with Gasteiger partial charge in [-0.3, -0.25) is 14.4 Å². The Bertz CT molecular complexity index is 1620. The molecule has 0 bridgehead atoms. The number of fused-ring (bicyclic) bond motifs is 5. The van der Waals surface area contributed by atoms with Crippen LogP contribution in [-0.4, -0.2) is 101 Å². The number of benzene rings is 1. The monoisotopic (exact) mass is 881 g/mol. The van der Waals surface area contributed by atoms with E-state index in [0.717, 1.165) is 48.9 Å². The van der Waals surface area contributed by atoms with Crippen molar-refractivity contribution < 1.29 is 43.2 Å². The fourth-order valence-corrected chi connectivity index (χ4v) is 11.3. The minimum atomic E-state index is -0.330. The van der Waals surface area contributed by atoms with Crippen LogP contribution in [0.1, 0.15) is 141 Å². The van der Waals surface area contributed by atoms with Gasteiger partial charge in [-0.2, -0.15) is 0 Å². The number of phenols is 1. The molecule has 0 spiro atoms. The molecule has 4 amide bonds. The molecule has 4 aliphatic carbocycles. The van der Waals surface area contributed by atoms with Crippen molar-refractivity contribution in [3.8, 4) is 5.75 Å². The molecule has 7 unspecified atom stereocenters. The fraction of sp³-hybridized carbons (Fsp3) is 0.760. The molecule has 5 rings (SSSR count). The number of alkyl carbamates (subject to hydrolysis) is 1. The molecule has 0 aromatic heterocycles. The number of nitrogens with one attached hydrogen (secondary N) is 4. The number of ether oxygens (including phenoxy) is 4. The number of phenolic OH excluding ortho intramolecular Hbond substituents is 1. The molecular weight excluding hydrogens is 801 g/mol. The summed E-state index contributed by atoms with van der Waals surface area (Å²) in [6.45, 7) is 14.0. The Labute approximate surface area is 377 Å². The van der Waals surface area contributed by atoms with Gasteiger partial charge in [-0.1, -0.05) is 58.6 Å². The van der Waals surface area contributed by atoms with Gasteiger partial charge in [-0.15, -0.1) is 0 Å². The van der Waals surface area contributed by atoms with Crippen molar-refractivity contribution in [2.24, 2.45) is 40.4 Å². The third-order valence-electron chi connectivity index (χ3n) is 14.8. The molecule has 3 fully saturated rings. The summed E-state index contributed by atoms with van der Waals surface area (Å²) in [5.41, 5.74) is 2.76. The van der Waals surface area contributed by atoms with Crippen LogP contribution >= 0.6 is 0 Å². The Balaban J connectivity index is 0.803. The Kier molecular flexibility index (Phi) is 20.5. The zero-order valence-corrected chi connectivity index (χ0v) is 38.9. The maximum Gasteiger partial charge on any atom is 0.407 e. The maximum atomic E-state index is 12.7. The lowest BCUT2D eigenvalue weighted by Gasteiger charge is -2.58. The van der Waals surface area contributed by atoms with Crippen LogP contribution in [0, 0.1) is 40.4 Å². The molecule has 3 saturated carbocycles. The molecule has 0 saturated heterocycles. The van der Waals surface area contributed by atoms with Crippen LogP contribution in [0.4, 0.5) is 4.79 Å². The lowest BCUT2D eigenvalue weighted by molar-refractivity contribution is -0.126. The highest BCUT2D eigenvalue weighted by molar-refractivity contribution is 5.94. The van der Waals surface area contributed by atoms with Gasteiger partial charge in [-0.05, 0) is 129 Å². The van der Waals surface area contributed by atoms with Crippen molar-refractivity contribution in [1.82, 2.24) is 21.3 Å². The molecule has 13 nitrogen and oxygen atoms in total. The second-order valence-electron chi connectivity index (χ2n) is 19.5. The van der Waals surface area contributed by atoms with Crippen LogP contribution < -0.4 is 21.3 Å². The number of carbonyl (C=O) groups is 4. The number of hydrogen-bond acceptors (Lipinski definition) is 9. The van der Waals surface area contributed by atoms with E-state index in [2.05, 4.69) is 55.0 Å². The quantitative estimate of drug-likeness (QED) is 0.0436. The van der Waals surface area contributed by atoms with Gasteiger partial charge in [0.05, 0.1) is 33.0 Å². The van der Waals surface area contributed by atoms with Crippen molar-refractivity contribution in [2.45, 2.75) is 137 Å². The molecular formula is C50H80N4O9. The number of amides is 4. The molecule has 1 aromatic rings. The smallest absolute Gasteiger partial charge is 0.407 e. The topological polar surface area (TPSA) is 174 Å². The van der Waals surface area contributed by atoms with E-state index >= 15 is 0 Å². The van der Waals surface area contributed by atoms with E-state index in [-0.39, 0.29) is 53.9 Å². The average Bonchev–Trinajstić information content (AvgIpc) is 3.60. The molecule has 0 radical (unpaired) electrons. The van der Waals surface area contributed by atoms with Crippen molar-refractivity contribution in [1.29, 1.82) is 0 Å².